The van der Waals surface area contributed by atoms with Gasteiger partial charge in [0.2, 0.25) is 11.9 Å². The van der Waals surface area contributed by atoms with Crippen molar-refractivity contribution in [1.82, 2.24) is 19.4 Å². The predicted molar refractivity (Wildman–Crippen MR) is 153 cm³/mol. The van der Waals surface area contributed by atoms with E-state index < -0.39 is 0 Å². The van der Waals surface area contributed by atoms with E-state index in [1.165, 1.54) is 0 Å². The molecule has 0 spiro atoms. The number of aromatic nitrogens is 2. The van der Waals surface area contributed by atoms with Crippen LogP contribution in [-0.4, -0.2) is 63.5 Å². The van der Waals surface area contributed by atoms with E-state index in [0.717, 1.165) is 5.69 Å². The Morgan fingerprint density at radius 1 is 1.03 bits per heavy atom. The second kappa shape index (κ2) is 10.5. The summed E-state index contributed by atoms with van der Waals surface area (Å²) in [5, 5.41) is 3.99. The van der Waals surface area contributed by atoms with Gasteiger partial charge in [0.05, 0.1) is 41.2 Å². The first-order chi connectivity index (χ1) is 18.5. The van der Waals surface area contributed by atoms with Gasteiger partial charge in [0.15, 0.2) is 0 Å². The largest absolute Gasteiger partial charge is 0.353 e. The Morgan fingerprint density at radius 3 is 2.33 bits per heavy atom. The number of carbonyl (C=O) groups is 2. The van der Waals surface area contributed by atoms with Crippen LogP contribution in [0.15, 0.2) is 47.3 Å². The highest BCUT2D eigenvalue weighted by molar-refractivity contribution is 6.42. The van der Waals surface area contributed by atoms with Crippen molar-refractivity contribution in [3.05, 3.63) is 79.7 Å². The topological polar surface area (TPSA) is 90.8 Å². The molecule has 0 unspecified atom stereocenters. The number of hydrogen-bond donors (Lipinski definition) is 1. The SMILES string of the molecule is CC(C)Nc1nc2c(c(=O)n1-c1ccc(N3CC(=O)N(C)C3)cc1)C[C@@H](C)N(C(=O)c1ccc(Cl)c(Cl)c1)C2. The van der Waals surface area contributed by atoms with Gasteiger partial charge in [0, 0.05) is 35.9 Å². The summed E-state index contributed by atoms with van der Waals surface area (Å²) in [7, 11) is 1.78. The second-order valence-corrected chi connectivity index (χ2v) is 11.2. The van der Waals surface area contributed by atoms with E-state index in [1.807, 2.05) is 49.9 Å². The number of anilines is 2. The molecule has 0 bridgehead atoms. The number of fused-ring (bicyclic) bond motifs is 1. The smallest absolute Gasteiger partial charge is 0.263 e. The standard InChI is InChI=1S/C28H30Cl2N6O3/c1-16(2)31-28-32-24-13-35(26(38)18-5-10-22(29)23(30)12-18)17(3)11-21(24)27(39)36(28)20-8-6-19(7-9-20)34-14-25(37)33(4)15-34/h5-10,12,16-17H,11,13-15H2,1-4H3,(H,31,32)/t17-/m1/s1. The maximum Gasteiger partial charge on any atom is 0.263 e. The van der Waals surface area contributed by atoms with Gasteiger partial charge >= 0.3 is 0 Å². The summed E-state index contributed by atoms with van der Waals surface area (Å²) in [5.74, 6) is 0.283. The summed E-state index contributed by atoms with van der Waals surface area (Å²) < 4.78 is 1.59. The lowest BCUT2D eigenvalue weighted by Gasteiger charge is -2.35. The van der Waals surface area contributed by atoms with Gasteiger partial charge in [-0.05, 0) is 69.7 Å². The number of likely N-dealkylation sites (N-methyl/N-ethyl adjacent to an activating group) is 1. The van der Waals surface area contributed by atoms with Gasteiger partial charge in [0.25, 0.3) is 11.5 Å². The van der Waals surface area contributed by atoms with E-state index in [-0.39, 0.29) is 36.0 Å². The number of amides is 2. The van der Waals surface area contributed by atoms with Crippen LogP contribution in [0, 0.1) is 0 Å². The maximum absolute atomic E-state index is 13.9. The summed E-state index contributed by atoms with van der Waals surface area (Å²) in [4.78, 5) is 49.5. The molecule has 5 rings (SSSR count). The fraction of sp³-hybridized carbons (Fsp3) is 0.357. The molecule has 11 heteroatoms. The minimum Gasteiger partial charge on any atom is -0.353 e. The molecule has 3 heterocycles. The Morgan fingerprint density at radius 2 is 1.72 bits per heavy atom. The zero-order valence-electron chi connectivity index (χ0n) is 22.2. The van der Waals surface area contributed by atoms with Gasteiger partial charge in [-0.1, -0.05) is 23.2 Å². The first-order valence-corrected chi connectivity index (χ1v) is 13.6. The van der Waals surface area contributed by atoms with Crippen molar-refractivity contribution in [1.29, 1.82) is 0 Å². The Balaban J connectivity index is 1.50. The Kier molecular flexibility index (Phi) is 7.31. The number of nitrogens with one attached hydrogen (secondary N) is 1. The third kappa shape index (κ3) is 5.21. The van der Waals surface area contributed by atoms with E-state index in [1.54, 1.807) is 39.6 Å². The van der Waals surface area contributed by atoms with Gasteiger partial charge < -0.3 is 20.0 Å². The Hall–Kier alpha value is -3.56. The molecule has 204 valence electrons. The number of hydrogen-bond acceptors (Lipinski definition) is 6. The van der Waals surface area contributed by atoms with Crippen molar-refractivity contribution in [2.45, 2.75) is 45.8 Å². The molecule has 1 atom stereocenters. The molecule has 1 aromatic heterocycles. The van der Waals surface area contributed by atoms with E-state index in [0.29, 0.717) is 58.1 Å². The second-order valence-electron chi connectivity index (χ2n) is 10.4. The van der Waals surface area contributed by atoms with Gasteiger partial charge in [-0.15, -0.1) is 0 Å². The Bertz CT molecular complexity index is 1500. The van der Waals surface area contributed by atoms with E-state index >= 15 is 0 Å². The molecule has 1 fully saturated rings. The minimum absolute atomic E-state index is 0.0167. The molecule has 1 N–H and O–H groups in total. The third-order valence-electron chi connectivity index (χ3n) is 7.07. The summed E-state index contributed by atoms with van der Waals surface area (Å²) in [6.07, 6.45) is 0.372. The van der Waals surface area contributed by atoms with Crippen LogP contribution < -0.4 is 15.8 Å². The lowest BCUT2D eigenvalue weighted by Crippen LogP contribution is -2.46. The molecule has 0 aliphatic carbocycles. The normalized spacial score (nSPS) is 17.2. The molecule has 2 aliphatic heterocycles. The predicted octanol–water partition coefficient (Wildman–Crippen LogP) is 4.18. The first-order valence-electron chi connectivity index (χ1n) is 12.8. The van der Waals surface area contributed by atoms with Crippen LogP contribution in [0.25, 0.3) is 5.69 Å². The highest BCUT2D eigenvalue weighted by Gasteiger charge is 2.32. The fourth-order valence-electron chi connectivity index (χ4n) is 4.97. The number of rotatable bonds is 5. The summed E-state index contributed by atoms with van der Waals surface area (Å²) in [5.41, 5.74) is 2.99. The van der Waals surface area contributed by atoms with E-state index in [2.05, 4.69) is 5.32 Å². The zero-order valence-corrected chi connectivity index (χ0v) is 23.8. The number of benzene rings is 2. The molecular weight excluding hydrogens is 539 g/mol. The summed E-state index contributed by atoms with van der Waals surface area (Å²) in [6, 6.07) is 12.2. The zero-order chi connectivity index (χ0) is 28.0. The maximum atomic E-state index is 13.9. The molecule has 2 amide bonds. The third-order valence-corrected chi connectivity index (χ3v) is 7.81. The number of halogens is 2. The van der Waals surface area contributed by atoms with Crippen molar-refractivity contribution in [3.63, 3.8) is 0 Å². The molecule has 0 radical (unpaired) electrons. The molecule has 39 heavy (non-hydrogen) atoms. The van der Waals surface area contributed by atoms with Crippen LogP contribution in [0.3, 0.4) is 0 Å². The average Bonchev–Trinajstić information content (AvgIpc) is 3.23. The van der Waals surface area contributed by atoms with Crippen molar-refractivity contribution in [3.8, 4) is 5.69 Å². The van der Waals surface area contributed by atoms with Crippen molar-refractivity contribution in [2.24, 2.45) is 0 Å². The Labute approximate surface area is 236 Å². The molecule has 0 saturated carbocycles. The molecule has 2 aromatic carbocycles. The van der Waals surface area contributed by atoms with Crippen molar-refractivity contribution in [2.75, 3.05) is 30.5 Å². The monoisotopic (exact) mass is 568 g/mol. The highest BCUT2D eigenvalue weighted by Crippen LogP contribution is 2.28. The quantitative estimate of drug-likeness (QED) is 0.496. The van der Waals surface area contributed by atoms with Gasteiger partial charge in [-0.2, -0.15) is 0 Å². The van der Waals surface area contributed by atoms with Gasteiger partial charge in [-0.3, -0.25) is 14.4 Å². The lowest BCUT2D eigenvalue weighted by atomic mass is 9.98. The first kappa shape index (κ1) is 27.0. The molecule has 1 saturated heterocycles. The lowest BCUT2D eigenvalue weighted by molar-refractivity contribution is -0.125. The molecule has 2 aliphatic rings. The van der Waals surface area contributed by atoms with Crippen LogP contribution in [0.5, 0.6) is 0 Å². The van der Waals surface area contributed by atoms with Gasteiger partial charge in [0.1, 0.15) is 0 Å². The molecule has 3 aromatic rings. The van der Waals surface area contributed by atoms with E-state index in [4.69, 9.17) is 28.2 Å². The number of carbonyl (C=O) groups excluding carboxylic acids is 2. The fourth-order valence-corrected chi connectivity index (χ4v) is 5.27. The van der Waals surface area contributed by atoms with Crippen LogP contribution in [0.4, 0.5) is 11.6 Å². The van der Waals surface area contributed by atoms with Crippen molar-refractivity contribution < 1.29 is 9.59 Å². The van der Waals surface area contributed by atoms with Gasteiger partial charge in [-0.25, -0.2) is 9.55 Å². The summed E-state index contributed by atoms with van der Waals surface area (Å²) in [6.45, 7) is 6.92. The van der Waals surface area contributed by atoms with Crippen LogP contribution in [0.1, 0.15) is 42.4 Å². The van der Waals surface area contributed by atoms with Crippen molar-refractivity contribution >= 4 is 46.7 Å². The molecule has 9 nitrogen and oxygen atoms in total. The van der Waals surface area contributed by atoms with Crippen LogP contribution >= 0.6 is 23.2 Å². The number of nitrogens with zero attached hydrogens (tertiary/aromatic N) is 5. The minimum atomic E-state index is -0.224. The summed E-state index contributed by atoms with van der Waals surface area (Å²) >= 11 is 12.2. The van der Waals surface area contributed by atoms with E-state index in [9.17, 15) is 14.4 Å². The van der Waals surface area contributed by atoms with Crippen LogP contribution in [0.2, 0.25) is 10.0 Å². The molecular formula is C28H30Cl2N6O3. The van der Waals surface area contributed by atoms with Crippen LogP contribution in [-0.2, 0) is 17.8 Å². The average molecular weight is 569 g/mol. The highest BCUT2D eigenvalue weighted by atomic mass is 35.5.